The summed E-state index contributed by atoms with van der Waals surface area (Å²) in [6.07, 6.45) is 0. The van der Waals surface area contributed by atoms with Crippen LogP contribution in [-0.4, -0.2) is 43.7 Å². The van der Waals surface area contributed by atoms with E-state index in [2.05, 4.69) is 9.73 Å². The van der Waals surface area contributed by atoms with E-state index < -0.39 is 11.8 Å². The van der Waals surface area contributed by atoms with Gasteiger partial charge in [-0.3, -0.25) is 0 Å². The molecule has 0 aliphatic carbocycles. The molecule has 0 amide bonds. The molecule has 0 unspecified atom stereocenters. The Bertz CT molecular complexity index is 603. The Kier molecular flexibility index (Phi) is 3.06. The Morgan fingerprint density at radius 3 is 3.15 bits per heavy atom. The number of carbonyl (C=O) groups is 1. The van der Waals surface area contributed by atoms with Crippen LogP contribution in [0.2, 0.25) is 0 Å². The van der Waals surface area contributed by atoms with Crippen molar-refractivity contribution < 1.29 is 18.7 Å². The number of carbonyl (C=O) groups excluding carboxylic acids is 1. The summed E-state index contributed by atoms with van der Waals surface area (Å²) >= 11 is 0. The first-order chi connectivity index (χ1) is 9.61. The Hall–Kier alpha value is -2.15. The third-order valence-electron chi connectivity index (χ3n) is 3.54. The number of benzene rings is 1. The molecule has 0 saturated carbocycles. The van der Waals surface area contributed by atoms with Gasteiger partial charge in [0.1, 0.15) is 5.82 Å². The van der Waals surface area contributed by atoms with Crippen molar-refractivity contribution in [1.82, 2.24) is 4.90 Å². The minimum absolute atomic E-state index is 0.104. The Morgan fingerprint density at radius 1 is 1.60 bits per heavy atom. The summed E-state index contributed by atoms with van der Waals surface area (Å²) in [6.45, 7) is 1.60. The monoisotopic (exact) mass is 279 g/mol. The van der Waals surface area contributed by atoms with E-state index in [1.165, 1.54) is 19.2 Å². The first-order valence-corrected chi connectivity index (χ1v) is 6.22. The molecule has 0 aromatic heterocycles. The van der Waals surface area contributed by atoms with Gasteiger partial charge in [-0.2, -0.15) is 0 Å². The fraction of sp³-hybridized carbons (Fsp3) is 0.385. The molecular formula is C13H14FN3O3. The van der Waals surface area contributed by atoms with Crippen LogP contribution < -0.4 is 5.73 Å². The van der Waals surface area contributed by atoms with Gasteiger partial charge in [-0.25, -0.2) is 14.2 Å². The summed E-state index contributed by atoms with van der Waals surface area (Å²) in [4.78, 5) is 17.7. The maximum absolute atomic E-state index is 13.9. The molecule has 3 rings (SSSR count). The number of halogens is 1. The van der Waals surface area contributed by atoms with E-state index in [-0.39, 0.29) is 11.6 Å². The number of ether oxygens (including phenoxy) is 2. The lowest BCUT2D eigenvalue weighted by atomic mass is 9.98. The quantitative estimate of drug-likeness (QED) is 0.774. The number of nitrogens with zero attached hydrogens (tertiary/aromatic N) is 2. The minimum atomic E-state index is -0.712. The van der Waals surface area contributed by atoms with Crippen molar-refractivity contribution in [2.45, 2.75) is 6.04 Å². The number of guanidine groups is 1. The smallest absolute Gasteiger partial charge is 0.340 e. The maximum Gasteiger partial charge on any atom is 0.340 e. The van der Waals surface area contributed by atoms with Crippen LogP contribution in [0, 0.1) is 5.82 Å². The van der Waals surface area contributed by atoms with Crippen molar-refractivity contribution in [1.29, 1.82) is 0 Å². The van der Waals surface area contributed by atoms with E-state index in [0.29, 0.717) is 31.4 Å². The van der Waals surface area contributed by atoms with Crippen molar-refractivity contribution in [3.63, 3.8) is 0 Å². The first-order valence-electron chi connectivity index (χ1n) is 6.22. The van der Waals surface area contributed by atoms with E-state index >= 15 is 0 Å². The average molecular weight is 279 g/mol. The van der Waals surface area contributed by atoms with Crippen LogP contribution in [0.1, 0.15) is 22.0 Å². The molecular weight excluding hydrogens is 265 g/mol. The molecule has 0 spiro atoms. The molecule has 106 valence electrons. The third kappa shape index (κ3) is 1.90. The third-order valence-corrected chi connectivity index (χ3v) is 3.54. The number of esters is 1. The van der Waals surface area contributed by atoms with Crippen molar-refractivity contribution in [2.24, 2.45) is 10.7 Å². The molecule has 0 radical (unpaired) electrons. The van der Waals surface area contributed by atoms with Crippen LogP contribution >= 0.6 is 0 Å². The number of methoxy groups -OCH3 is 1. The van der Waals surface area contributed by atoms with Crippen molar-refractivity contribution in [3.8, 4) is 0 Å². The van der Waals surface area contributed by atoms with Crippen LogP contribution in [0.25, 0.3) is 0 Å². The second kappa shape index (κ2) is 4.75. The predicted octanol–water partition coefficient (Wildman–Crippen LogP) is 0.945. The fourth-order valence-electron chi connectivity index (χ4n) is 2.53. The van der Waals surface area contributed by atoms with E-state index in [4.69, 9.17) is 10.5 Å². The van der Waals surface area contributed by atoms with Crippen molar-refractivity contribution >= 4 is 17.6 Å². The summed E-state index contributed by atoms with van der Waals surface area (Å²) in [5.74, 6) is -1.04. The van der Waals surface area contributed by atoms with Crippen LogP contribution in [-0.2, 0) is 9.47 Å². The van der Waals surface area contributed by atoms with Crippen LogP contribution in [0.5, 0.6) is 0 Å². The standard InChI is InChI=1S/C13H14FN3O3/c1-19-12(18)7-4-8-10(5-9(7)14)16-13(15)17-2-3-20-6-11(8)17/h4-5,11H,2-3,6H2,1H3,(H2,15,16)/t11-/m1/s1. The number of rotatable bonds is 1. The summed E-state index contributed by atoms with van der Waals surface area (Å²) < 4.78 is 23.9. The lowest BCUT2D eigenvalue weighted by Crippen LogP contribution is -2.48. The molecule has 1 aromatic carbocycles. The number of nitrogens with two attached hydrogens (primary N) is 1. The van der Waals surface area contributed by atoms with Gasteiger partial charge in [-0.1, -0.05) is 0 Å². The Morgan fingerprint density at radius 2 is 2.40 bits per heavy atom. The predicted molar refractivity (Wildman–Crippen MR) is 69.3 cm³/mol. The van der Waals surface area contributed by atoms with Gasteiger partial charge in [0, 0.05) is 18.2 Å². The second-order valence-corrected chi connectivity index (χ2v) is 4.64. The van der Waals surface area contributed by atoms with Gasteiger partial charge >= 0.3 is 5.97 Å². The molecule has 6 nitrogen and oxygen atoms in total. The van der Waals surface area contributed by atoms with Gasteiger partial charge in [0.25, 0.3) is 0 Å². The number of hydrogen-bond donors (Lipinski definition) is 1. The first kappa shape index (κ1) is 12.9. The Labute approximate surface area is 115 Å². The molecule has 2 heterocycles. The normalized spacial score (nSPS) is 20.8. The van der Waals surface area contributed by atoms with E-state index in [0.717, 1.165) is 5.56 Å². The molecule has 2 aliphatic rings. The van der Waals surface area contributed by atoms with E-state index in [1.54, 1.807) is 0 Å². The second-order valence-electron chi connectivity index (χ2n) is 4.64. The zero-order chi connectivity index (χ0) is 14.3. The van der Waals surface area contributed by atoms with Gasteiger partial charge < -0.3 is 20.1 Å². The van der Waals surface area contributed by atoms with Gasteiger partial charge in [0.2, 0.25) is 0 Å². The number of fused-ring (bicyclic) bond motifs is 3. The molecule has 20 heavy (non-hydrogen) atoms. The SMILES string of the molecule is COC(=O)c1cc2c(cc1F)N=C(N)N1CCOC[C@H]21. The molecule has 1 atom stereocenters. The lowest BCUT2D eigenvalue weighted by Gasteiger charge is -2.39. The zero-order valence-corrected chi connectivity index (χ0v) is 10.9. The lowest BCUT2D eigenvalue weighted by molar-refractivity contribution is 0.0240. The van der Waals surface area contributed by atoms with E-state index in [9.17, 15) is 9.18 Å². The largest absolute Gasteiger partial charge is 0.465 e. The molecule has 1 fully saturated rings. The highest BCUT2D eigenvalue weighted by Gasteiger charge is 2.33. The fourth-order valence-corrected chi connectivity index (χ4v) is 2.53. The minimum Gasteiger partial charge on any atom is -0.465 e. The van der Waals surface area contributed by atoms with Gasteiger partial charge in [0.05, 0.1) is 37.6 Å². The maximum atomic E-state index is 13.9. The summed E-state index contributed by atoms with van der Waals surface area (Å²) in [5, 5.41) is 0. The Balaban J connectivity index is 2.12. The zero-order valence-electron chi connectivity index (χ0n) is 10.9. The molecule has 1 saturated heterocycles. The van der Waals surface area contributed by atoms with E-state index in [1.807, 2.05) is 4.90 Å². The molecule has 2 N–H and O–H groups in total. The summed E-state index contributed by atoms with van der Waals surface area (Å²) in [7, 11) is 1.22. The van der Waals surface area contributed by atoms with Gasteiger partial charge in [0.15, 0.2) is 5.96 Å². The highest BCUT2D eigenvalue weighted by atomic mass is 19.1. The number of aliphatic imine (C=N–C) groups is 1. The van der Waals surface area contributed by atoms with Crippen molar-refractivity contribution in [3.05, 3.63) is 29.1 Å². The van der Waals surface area contributed by atoms with Crippen LogP contribution in [0.15, 0.2) is 17.1 Å². The molecule has 1 aromatic rings. The van der Waals surface area contributed by atoms with Crippen LogP contribution in [0.4, 0.5) is 10.1 Å². The molecule has 0 bridgehead atoms. The molecule has 7 heteroatoms. The van der Waals surface area contributed by atoms with Crippen LogP contribution in [0.3, 0.4) is 0 Å². The van der Waals surface area contributed by atoms with Gasteiger partial charge in [-0.05, 0) is 6.07 Å². The van der Waals surface area contributed by atoms with Gasteiger partial charge in [-0.15, -0.1) is 0 Å². The summed E-state index contributed by atoms with van der Waals surface area (Å²) in [6, 6.07) is 2.53. The highest BCUT2D eigenvalue weighted by Crippen LogP contribution is 2.37. The number of hydrogen-bond acceptors (Lipinski definition) is 6. The number of morpholine rings is 1. The summed E-state index contributed by atoms with van der Waals surface area (Å²) in [5.41, 5.74) is 6.93. The highest BCUT2D eigenvalue weighted by molar-refractivity contribution is 5.92. The topological polar surface area (TPSA) is 77.1 Å². The molecule has 2 aliphatic heterocycles. The average Bonchev–Trinajstić information content (AvgIpc) is 2.46. The van der Waals surface area contributed by atoms with Crippen molar-refractivity contribution in [2.75, 3.05) is 26.9 Å².